The molecule has 26 heavy (non-hydrogen) atoms. The number of hydrogen-bond acceptors (Lipinski definition) is 6. The lowest BCUT2D eigenvalue weighted by Crippen LogP contribution is -2.43. The van der Waals surface area contributed by atoms with Gasteiger partial charge in [0.2, 0.25) is 11.8 Å². The molecule has 1 saturated heterocycles. The Morgan fingerprint density at radius 1 is 1.23 bits per heavy atom. The summed E-state index contributed by atoms with van der Waals surface area (Å²) in [5.74, 6) is 1.24. The minimum Gasteiger partial charge on any atom is -0.451 e. The van der Waals surface area contributed by atoms with Gasteiger partial charge in [-0.25, -0.2) is 0 Å². The molecule has 3 heterocycles. The fourth-order valence-corrected chi connectivity index (χ4v) is 3.17. The number of carbonyl (C=O) groups excluding carboxylic acids is 1. The van der Waals surface area contributed by atoms with Gasteiger partial charge in [0.25, 0.3) is 5.91 Å². The standard InChI is InChI=1S/C19H21N3O4/c1-11(2)17-20-21-18(26-17)14-10-24-9-8-22(14)19(23)16-12(3)13-6-4-5-7-15(13)25-16/h4-7,11,14H,8-10H2,1-3H3. The smallest absolute Gasteiger partial charge is 0.290 e. The van der Waals surface area contributed by atoms with Crippen molar-refractivity contribution in [2.45, 2.75) is 32.7 Å². The van der Waals surface area contributed by atoms with Crippen molar-refractivity contribution >= 4 is 16.9 Å². The van der Waals surface area contributed by atoms with Crippen LogP contribution in [0.15, 0.2) is 33.1 Å². The Morgan fingerprint density at radius 3 is 2.77 bits per heavy atom. The van der Waals surface area contributed by atoms with Gasteiger partial charge in [0.15, 0.2) is 5.76 Å². The lowest BCUT2D eigenvalue weighted by Gasteiger charge is -2.32. The second-order valence-electron chi connectivity index (χ2n) is 6.77. The zero-order chi connectivity index (χ0) is 18.3. The van der Waals surface area contributed by atoms with E-state index in [9.17, 15) is 4.79 Å². The largest absolute Gasteiger partial charge is 0.451 e. The number of morpholine rings is 1. The number of rotatable bonds is 3. The summed E-state index contributed by atoms with van der Waals surface area (Å²) >= 11 is 0. The SMILES string of the molecule is Cc1c(C(=O)N2CCOCC2c2nnc(C(C)C)o2)oc2ccccc12. The van der Waals surface area contributed by atoms with Crippen LogP contribution in [0.25, 0.3) is 11.0 Å². The van der Waals surface area contributed by atoms with Gasteiger partial charge in [-0.2, -0.15) is 0 Å². The molecule has 7 nitrogen and oxygen atoms in total. The van der Waals surface area contributed by atoms with Gasteiger partial charge < -0.3 is 18.5 Å². The van der Waals surface area contributed by atoms with Crippen LogP contribution in [0, 0.1) is 6.92 Å². The zero-order valence-corrected chi connectivity index (χ0v) is 15.1. The average Bonchev–Trinajstić information content (AvgIpc) is 3.27. The molecule has 0 saturated carbocycles. The third-order valence-corrected chi connectivity index (χ3v) is 4.66. The molecule has 0 N–H and O–H groups in total. The summed E-state index contributed by atoms with van der Waals surface area (Å²) < 4.78 is 17.2. The van der Waals surface area contributed by atoms with Gasteiger partial charge in [0, 0.05) is 23.4 Å². The van der Waals surface area contributed by atoms with Gasteiger partial charge >= 0.3 is 0 Å². The molecule has 0 spiro atoms. The minimum atomic E-state index is -0.413. The van der Waals surface area contributed by atoms with Crippen LogP contribution in [0.4, 0.5) is 0 Å². The van der Waals surface area contributed by atoms with Crippen molar-refractivity contribution in [1.29, 1.82) is 0 Å². The molecule has 0 bridgehead atoms. The highest BCUT2D eigenvalue weighted by molar-refractivity contribution is 5.99. The number of amides is 1. The highest BCUT2D eigenvalue weighted by Gasteiger charge is 2.35. The molecule has 1 atom stereocenters. The molecule has 0 aliphatic carbocycles. The number of aryl methyl sites for hydroxylation is 1. The third-order valence-electron chi connectivity index (χ3n) is 4.66. The maximum atomic E-state index is 13.2. The Bertz CT molecular complexity index is 943. The van der Waals surface area contributed by atoms with E-state index >= 15 is 0 Å². The molecule has 1 aromatic carbocycles. The Morgan fingerprint density at radius 2 is 2.04 bits per heavy atom. The number of nitrogens with zero attached hydrogens (tertiary/aromatic N) is 3. The van der Waals surface area contributed by atoms with Crippen LogP contribution >= 0.6 is 0 Å². The molecular weight excluding hydrogens is 334 g/mol. The van der Waals surface area contributed by atoms with Gasteiger partial charge in [0.1, 0.15) is 11.6 Å². The number of para-hydroxylation sites is 1. The molecule has 1 fully saturated rings. The normalized spacial score (nSPS) is 18.0. The lowest BCUT2D eigenvalue weighted by atomic mass is 10.1. The number of aromatic nitrogens is 2. The maximum Gasteiger partial charge on any atom is 0.290 e. The molecule has 1 unspecified atom stereocenters. The van der Waals surface area contributed by atoms with Gasteiger partial charge in [-0.1, -0.05) is 32.0 Å². The van der Waals surface area contributed by atoms with Gasteiger partial charge in [-0.3, -0.25) is 4.79 Å². The third kappa shape index (κ3) is 2.78. The fourth-order valence-electron chi connectivity index (χ4n) is 3.17. The topological polar surface area (TPSA) is 81.6 Å². The molecule has 0 radical (unpaired) electrons. The lowest BCUT2D eigenvalue weighted by molar-refractivity contribution is -0.0121. The number of benzene rings is 1. The first-order chi connectivity index (χ1) is 12.6. The second-order valence-corrected chi connectivity index (χ2v) is 6.77. The molecule has 4 rings (SSSR count). The number of ether oxygens (including phenoxy) is 1. The van der Waals surface area contributed by atoms with E-state index in [-0.39, 0.29) is 11.8 Å². The van der Waals surface area contributed by atoms with Gasteiger partial charge in [-0.15, -0.1) is 10.2 Å². The van der Waals surface area contributed by atoms with Crippen LogP contribution in [0.2, 0.25) is 0 Å². The van der Waals surface area contributed by atoms with E-state index in [1.54, 1.807) is 4.90 Å². The number of fused-ring (bicyclic) bond motifs is 1. The van der Waals surface area contributed by atoms with E-state index in [0.717, 1.165) is 10.9 Å². The fraction of sp³-hybridized carbons (Fsp3) is 0.421. The maximum absolute atomic E-state index is 13.2. The predicted octanol–water partition coefficient (Wildman–Crippen LogP) is 3.46. The first kappa shape index (κ1) is 16.8. The highest BCUT2D eigenvalue weighted by atomic mass is 16.5. The molecule has 1 aliphatic heterocycles. The molecule has 136 valence electrons. The number of furan rings is 1. The van der Waals surface area contributed by atoms with Crippen LogP contribution in [0.3, 0.4) is 0 Å². The Kier molecular flexibility index (Phi) is 4.24. The first-order valence-electron chi connectivity index (χ1n) is 8.76. The van der Waals surface area contributed by atoms with Crippen LogP contribution in [-0.2, 0) is 4.74 Å². The van der Waals surface area contributed by atoms with E-state index in [1.807, 2.05) is 45.0 Å². The monoisotopic (exact) mass is 355 g/mol. The zero-order valence-electron chi connectivity index (χ0n) is 15.1. The Hall–Kier alpha value is -2.67. The van der Waals surface area contributed by atoms with Crippen molar-refractivity contribution in [3.63, 3.8) is 0 Å². The molecular formula is C19H21N3O4. The van der Waals surface area contributed by atoms with E-state index < -0.39 is 6.04 Å². The van der Waals surface area contributed by atoms with Gasteiger partial charge in [0.05, 0.1) is 13.2 Å². The Balaban J connectivity index is 1.68. The summed E-state index contributed by atoms with van der Waals surface area (Å²) in [5, 5.41) is 9.15. The minimum absolute atomic E-state index is 0.127. The molecule has 2 aromatic heterocycles. The Labute approximate surface area is 150 Å². The molecule has 1 aliphatic rings. The first-order valence-corrected chi connectivity index (χ1v) is 8.76. The number of carbonyl (C=O) groups is 1. The van der Waals surface area contributed by atoms with Crippen molar-refractivity contribution in [2.75, 3.05) is 19.8 Å². The van der Waals surface area contributed by atoms with Crippen molar-refractivity contribution in [2.24, 2.45) is 0 Å². The summed E-state index contributed by atoms with van der Waals surface area (Å²) in [6.07, 6.45) is 0. The van der Waals surface area contributed by atoms with Crippen molar-refractivity contribution in [3.05, 3.63) is 47.4 Å². The molecule has 1 amide bonds. The summed E-state index contributed by atoms with van der Waals surface area (Å²) in [5.41, 5.74) is 1.54. The van der Waals surface area contributed by atoms with E-state index in [1.165, 1.54) is 0 Å². The van der Waals surface area contributed by atoms with E-state index in [0.29, 0.717) is 42.9 Å². The summed E-state index contributed by atoms with van der Waals surface area (Å²) in [6, 6.07) is 7.23. The van der Waals surface area contributed by atoms with E-state index in [4.69, 9.17) is 13.6 Å². The molecule has 3 aromatic rings. The van der Waals surface area contributed by atoms with Gasteiger partial charge in [-0.05, 0) is 13.0 Å². The summed E-state index contributed by atoms with van der Waals surface area (Å²) in [7, 11) is 0. The second kappa shape index (κ2) is 6.57. The molecule has 7 heteroatoms. The average molecular weight is 355 g/mol. The van der Waals surface area contributed by atoms with Crippen molar-refractivity contribution < 1.29 is 18.4 Å². The quantitative estimate of drug-likeness (QED) is 0.716. The van der Waals surface area contributed by atoms with Crippen LogP contribution in [0.5, 0.6) is 0 Å². The highest BCUT2D eigenvalue weighted by Crippen LogP contribution is 2.30. The van der Waals surface area contributed by atoms with Crippen LogP contribution in [0.1, 0.15) is 53.7 Å². The number of hydrogen-bond donors (Lipinski definition) is 0. The van der Waals surface area contributed by atoms with Crippen molar-refractivity contribution in [1.82, 2.24) is 15.1 Å². The summed E-state index contributed by atoms with van der Waals surface area (Å²) in [4.78, 5) is 14.9. The van der Waals surface area contributed by atoms with Crippen LogP contribution < -0.4 is 0 Å². The summed E-state index contributed by atoms with van der Waals surface area (Å²) in [6.45, 7) is 7.10. The predicted molar refractivity (Wildman–Crippen MR) is 93.9 cm³/mol. The van der Waals surface area contributed by atoms with E-state index in [2.05, 4.69) is 10.2 Å². The van der Waals surface area contributed by atoms with Crippen LogP contribution in [-0.4, -0.2) is 40.8 Å². The van der Waals surface area contributed by atoms with Crippen molar-refractivity contribution in [3.8, 4) is 0 Å².